The van der Waals surface area contributed by atoms with Crippen molar-refractivity contribution in [2.75, 3.05) is 39.4 Å². The molecular formula is C22H28Cl2N4O2. The molecule has 8 heteroatoms. The summed E-state index contributed by atoms with van der Waals surface area (Å²) in [4.78, 5) is 22.0. The predicted molar refractivity (Wildman–Crippen MR) is 118 cm³/mol. The molecule has 1 saturated carbocycles. The molecule has 30 heavy (non-hydrogen) atoms. The molecular weight excluding hydrogens is 423 g/mol. The highest BCUT2D eigenvalue weighted by atomic mass is 35.5. The van der Waals surface area contributed by atoms with Gasteiger partial charge < -0.3 is 14.2 Å². The fourth-order valence-electron chi connectivity index (χ4n) is 3.91. The first-order valence-corrected chi connectivity index (χ1v) is 11.4. The van der Waals surface area contributed by atoms with Gasteiger partial charge in [-0.2, -0.15) is 0 Å². The zero-order valence-electron chi connectivity index (χ0n) is 17.1. The Balaban J connectivity index is 1.45. The van der Waals surface area contributed by atoms with Crippen LogP contribution in [0.15, 0.2) is 30.6 Å². The number of benzene rings is 1. The molecule has 2 heterocycles. The molecule has 2 fully saturated rings. The molecule has 1 amide bonds. The maximum atomic E-state index is 13.1. The lowest BCUT2D eigenvalue weighted by Gasteiger charge is -2.34. The molecule has 0 spiro atoms. The fraction of sp³-hybridized carbons (Fsp3) is 0.545. The Bertz CT molecular complexity index is 863. The van der Waals surface area contributed by atoms with Crippen LogP contribution in [0, 0.1) is 5.92 Å². The number of nitrogens with zero attached hydrogens (tertiary/aromatic N) is 4. The standard InChI is InChI=1S/C22H28Cl2N4O2/c23-19-5-4-18(20(24)14-19)15-27-7-6-25-21(27)16-28(22(29)17-2-1-3-17)9-8-26-10-12-30-13-11-26/h4-7,14,17H,1-3,8-13,15-16H2. The minimum Gasteiger partial charge on any atom is -0.379 e. The van der Waals surface area contributed by atoms with Crippen molar-refractivity contribution < 1.29 is 9.53 Å². The van der Waals surface area contributed by atoms with E-state index in [0.29, 0.717) is 29.7 Å². The van der Waals surface area contributed by atoms with Gasteiger partial charge in [0, 0.05) is 54.5 Å². The number of halogens is 2. The molecule has 0 unspecified atom stereocenters. The zero-order valence-corrected chi connectivity index (χ0v) is 18.6. The van der Waals surface area contributed by atoms with E-state index in [2.05, 4.69) is 14.5 Å². The van der Waals surface area contributed by atoms with Crippen molar-refractivity contribution in [3.63, 3.8) is 0 Å². The molecule has 1 aromatic carbocycles. The Hall–Kier alpha value is -1.60. The number of amides is 1. The molecule has 1 aliphatic carbocycles. The lowest BCUT2D eigenvalue weighted by molar-refractivity contribution is -0.139. The zero-order chi connectivity index (χ0) is 20.9. The number of rotatable bonds is 8. The van der Waals surface area contributed by atoms with Crippen molar-refractivity contribution >= 4 is 29.1 Å². The first kappa shape index (κ1) is 21.6. The normalized spacial score (nSPS) is 17.7. The topological polar surface area (TPSA) is 50.6 Å². The van der Waals surface area contributed by atoms with Gasteiger partial charge in [-0.1, -0.05) is 35.7 Å². The highest BCUT2D eigenvalue weighted by Crippen LogP contribution is 2.29. The first-order chi connectivity index (χ1) is 14.6. The van der Waals surface area contributed by atoms with Crippen LogP contribution in [-0.4, -0.2) is 64.7 Å². The minimum atomic E-state index is 0.170. The number of ether oxygens (including phenoxy) is 1. The molecule has 1 aromatic heterocycles. The van der Waals surface area contributed by atoms with Gasteiger partial charge in [0.15, 0.2) is 0 Å². The molecule has 0 atom stereocenters. The smallest absolute Gasteiger partial charge is 0.226 e. The molecule has 2 aliphatic rings. The van der Waals surface area contributed by atoms with Crippen LogP contribution in [0.25, 0.3) is 0 Å². The van der Waals surface area contributed by atoms with Crippen molar-refractivity contribution in [2.45, 2.75) is 32.4 Å². The van der Waals surface area contributed by atoms with Gasteiger partial charge >= 0.3 is 0 Å². The number of aromatic nitrogens is 2. The molecule has 4 rings (SSSR count). The number of imidazole rings is 1. The second-order valence-corrected chi connectivity index (χ2v) is 8.89. The first-order valence-electron chi connectivity index (χ1n) is 10.6. The van der Waals surface area contributed by atoms with E-state index in [1.807, 2.05) is 23.2 Å². The van der Waals surface area contributed by atoms with Gasteiger partial charge in [0.25, 0.3) is 0 Å². The van der Waals surface area contributed by atoms with Crippen molar-refractivity contribution in [1.29, 1.82) is 0 Å². The van der Waals surface area contributed by atoms with E-state index in [-0.39, 0.29) is 11.8 Å². The fourth-order valence-corrected chi connectivity index (χ4v) is 4.38. The van der Waals surface area contributed by atoms with E-state index in [0.717, 1.165) is 63.5 Å². The minimum absolute atomic E-state index is 0.170. The van der Waals surface area contributed by atoms with Crippen LogP contribution in [-0.2, 0) is 22.6 Å². The lowest BCUT2D eigenvalue weighted by atomic mass is 9.84. The van der Waals surface area contributed by atoms with Crippen molar-refractivity contribution in [3.8, 4) is 0 Å². The van der Waals surface area contributed by atoms with E-state index < -0.39 is 0 Å². The molecule has 0 radical (unpaired) electrons. The molecule has 162 valence electrons. The second-order valence-electron chi connectivity index (χ2n) is 8.05. The van der Waals surface area contributed by atoms with Crippen LogP contribution < -0.4 is 0 Å². The van der Waals surface area contributed by atoms with Crippen LogP contribution in [0.4, 0.5) is 0 Å². The van der Waals surface area contributed by atoms with Gasteiger partial charge in [0.2, 0.25) is 5.91 Å². The van der Waals surface area contributed by atoms with Crippen LogP contribution in [0.2, 0.25) is 10.0 Å². The van der Waals surface area contributed by atoms with E-state index in [4.69, 9.17) is 27.9 Å². The Morgan fingerprint density at radius 3 is 2.73 bits per heavy atom. The highest BCUT2D eigenvalue weighted by molar-refractivity contribution is 6.35. The summed E-state index contributed by atoms with van der Waals surface area (Å²) in [5.41, 5.74) is 0.977. The Morgan fingerprint density at radius 2 is 2.03 bits per heavy atom. The average molecular weight is 451 g/mol. The number of hydrogen-bond donors (Lipinski definition) is 0. The van der Waals surface area contributed by atoms with Crippen molar-refractivity contribution in [2.24, 2.45) is 5.92 Å². The quantitative estimate of drug-likeness (QED) is 0.614. The van der Waals surface area contributed by atoms with Crippen molar-refractivity contribution in [1.82, 2.24) is 19.4 Å². The Morgan fingerprint density at radius 1 is 1.23 bits per heavy atom. The molecule has 2 aromatic rings. The van der Waals surface area contributed by atoms with Gasteiger partial charge in [0.05, 0.1) is 26.3 Å². The lowest BCUT2D eigenvalue weighted by Crippen LogP contribution is -2.45. The number of carbonyl (C=O) groups is 1. The third-order valence-corrected chi connectivity index (χ3v) is 6.63. The maximum Gasteiger partial charge on any atom is 0.226 e. The van der Waals surface area contributed by atoms with E-state index in [9.17, 15) is 4.79 Å². The van der Waals surface area contributed by atoms with Crippen LogP contribution in [0.3, 0.4) is 0 Å². The molecule has 1 saturated heterocycles. The van der Waals surface area contributed by atoms with Gasteiger partial charge in [-0.05, 0) is 30.5 Å². The van der Waals surface area contributed by atoms with Crippen LogP contribution in [0.1, 0.15) is 30.7 Å². The molecule has 0 N–H and O–H groups in total. The third-order valence-electron chi connectivity index (χ3n) is 6.05. The summed E-state index contributed by atoms with van der Waals surface area (Å²) in [6, 6.07) is 5.53. The van der Waals surface area contributed by atoms with E-state index >= 15 is 0 Å². The Kier molecular flexibility index (Phi) is 7.31. The molecule has 6 nitrogen and oxygen atoms in total. The SMILES string of the molecule is O=C(C1CCC1)N(CCN1CCOCC1)Cc1nccn1Cc1ccc(Cl)cc1Cl. The second kappa shape index (κ2) is 10.1. The summed E-state index contributed by atoms with van der Waals surface area (Å²) >= 11 is 12.4. The molecule has 1 aliphatic heterocycles. The average Bonchev–Trinajstić information content (AvgIpc) is 3.13. The summed E-state index contributed by atoms with van der Waals surface area (Å²) < 4.78 is 7.50. The van der Waals surface area contributed by atoms with Crippen molar-refractivity contribution in [3.05, 3.63) is 52.0 Å². The summed E-state index contributed by atoms with van der Waals surface area (Å²) in [5, 5.41) is 1.26. The summed E-state index contributed by atoms with van der Waals surface area (Å²) in [7, 11) is 0. The summed E-state index contributed by atoms with van der Waals surface area (Å²) in [5.74, 6) is 1.30. The van der Waals surface area contributed by atoms with Gasteiger partial charge in [-0.3, -0.25) is 9.69 Å². The van der Waals surface area contributed by atoms with Gasteiger partial charge in [-0.15, -0.1) is 0 Å². The largest absolute Gasteiger partial charge is 0.379 e. The van der Waals surface area contributed by atoms with Gasteiger partial charge in [0.1, 0.15) is 5.82 Å². The van der Waals surface area contributed by atoms with Gasteiger partial charge in [-0.25, -0.2) is 4.98 Å². The predicted octanol–water partition coefficient (Wildman–Crippen LogP) is 3.70. The highest BCUT2D eigenvalue weighted by Gasteiger charge is 2.30. The van der Waals surface area contributed by atoms with Crippen LogP contribution >= 0.6 is 23.2 Å². The summed E-state index contributed by atoms with van der Waals surface area (Å²) in [6.45, 7) is 6.07. The maximum absolute atomic E-state index is 13.1. The summed E-state index contributed by atoms with van der Waals surface area (Å²) in [6.07, 6.45) is 6.88. The van der Waals surface area contributed by atoms with E-state index in [1.54, 1.807) is 12.3 Å². The Labute approximate surface area is 187 Å². The third kappa shape index (κ3) is 5.35. The monoisotopic (exact) mass is 450 g/mol. The molecule has 0 bridgehead atoms. The van der Waals surface area contributed by atoms with Crippen LogP contribution in [0.5, 0.6) is 0 Å². The van der Waals surface area contributed by atoms with E-state index in [1.165, 1.54) is 0 Å². The number of hydrogen-bond acceptors (Lipinski definition) is 4. The number of morpholine rings is 1. The number of carbonyl (C=O) groups excluding carboxylic acids is 1.